The molecule has 2 heterocycles. The lowest BCUT2D eigenvalue weighted by atomic mass is 10.3. The highest BCUT2D eigenvalue weighted by Gasteiger charge is 2.07. The van der Waals surface area contributed by atoms with Gasteiger partial charge in [-0.25, -0.2) is 15.8 Å². The number of rotatable bonds is 4. The third-order valence-corrected chi connectivity index (χ3v) is 2.01. The molecule has 0 spiro atoms. The van der Waals surface area contributed by atoms with Crippen LogP contribution in [0.2, 0.25) is 0 Å². The van der Waals surface area contributed by atoms with Crippen molar-refractivity contribution < 1.29 is 4.79 Å². The highest BCUT2D eigenvalue weighted by Crippen LogP contribution is 2.02. The van der Waals surface area contributed by atoms with Crippen molar-refractivity contribution in [3.05, 3.63) is 36.0 Å². The summed E-state index contributed by atoms with van der Waals surface area (Å²) in [5, 5.41) is 8.96. The monoisotopic (exact) mass is 233 g/mol. The predicted octanol–water partition coefficient (Wildman–Crippen LogP) is -0.585. The second-order valence-electron chi connectivity index (χ2n) is 3.17. The fourth-order valence-corrected chi connectivity index (χ4v) is 1.21. The van der Waals surface area contributed by atoms with Crippen LogP contribution < -0.4 is 16.6 Å². The van der Waals surface area contributed by atoms with Crippen molar-refractivity contribution in [2.24, 2.45) is 5.84 Å². The van der Waals surface area contributed by atoms with Gasteiger partial charge in [0.25, 0.3) is 5.91 Å². The molecule has 5 N–H and O–H groups in total. The zero-order chi connectivity index (χ0) is 12.1. The van der Waals surface area contributed by atoms with Gasteiger partial charge in [0.1, 0.15) is 23.7 Å². The maximum absolute atomic E-state index is 11.7. The summed E-state index contributed by atoms with van der Waals surface area (Å²) in [5.74, 6) is 5.90. The minimum absolute atomic E-state index is 0.265. The zero-order valence-corrected chi connectivity index (χ0v) is 8.84. The van der Waals surface area contributed by atoms with Crippen molar-refractivity contribution in [1.82, 2.24) is 25.5 Å². The molecular formula is C9H11N7O. The first kappa shape index (κ1) is 11.0. The van der Waals surface area contributed by atoms with Crippen LogP contribution >= 0.6 is 0 Å². The van der Waals surface area contributed by atoms with Crippen LogP contribution in [0.15, 0.2) is 24.5 Å². The first-order valence-electron chi connectivity index (χ1n) is 4.85. The molecule has 0 aliphatic heterocycles. The van der Waals surface area contributed by atoms with Gasteiger partial charge in [-0.15, -0.1) is 0 Å². The minimum Gasteiger partial charge on any atom is -0.343 e. The lowest BCUT2D eigenvalue weighted by molar-refractivity contribution is 0.0945. The smallest absolute Gasteiger partial charge is 0.270 e. The molecule has 0 saturated heterocycles. The van der Waals surface area contributed by atoms with E-state index in [1.165, 1.54) is 6.33 Å². The van der Waals surface area contributed by atoms with Gasteiger partial charge >= 0.3 is 0 Å². The molecule has 2 aromatic rings. The molecule has 0 radical (unpaired) electrons. The highest BCUT2D eigenvalue weighted by molar-refractivity contribution is 5.92. The largest absolute Gasteiger partial charge is 0.343 e. The first-order chi connectivity index (χ1) is 8.29. The fraction of sp³-hybridized carbons (Fsp3) is 0.111. The average molecular weight is 233 g/mol. The van der Waals surface area contributed by atoms with Crippen LogP contribution in [0.5, 0.6) is 0 Å². The van der Waals surface area contributed by atoms with Crippen LogP contribution in [-0.4, -0.2) is 26.1 Å². The summed E-state index contributed by atoms with van der Waals surface area (Å²) in [4.78, 5) is 19.6. The molecule has 88 valence electrons. The Bertz CT molecular complexity index is 496. The average Bonchev–Trinajstić information content (AvgIpc) is 2.89. The van der Waals surface area contributed by atoms with E-state index in [9.17, 15) is 4.79 Å². The molecule has 2 aromatic heterocycles. The molecule has 0 aliphatic rings. The summed E-state index contributed by atoms with van der Waals surface area (Å²) in [6.07, 6.45) is 1.37. The van der Waals surface area contributed by atoms with Crippen molar-refractivity contribution in [1.29, 1.82) is 0 Å². The Morgan fingerprint density at radius 1 is 1.47 bits per heavy atom. The van der Waals surface area contributed by atoms with E-state index in [4.69, 9.17) is 5.84 Å². The van der Waals surface area contributed by atoms with Crippen LogP contribution in [0.3, 0.4) is 0 Å². The molecule has 0 fully saturated rings. The predicted molar refractivity (Wildman–Crippen MR) is 59.6 cm³/mol. The molecule has 1 amide bonds. The number of nitrogen functional groups attached to an aromatic ring is 1. The number of nitrogens with zero attached hydrogens (tertiary/aromatic N) is 3. The van der Waals surface area contributed by atoms with Crippen molar-refractivity contribution in [3.8, 4) is 0 Å². The molecule has 0 aliphatic carbocycles. The fourth-order valence-electron chi connectivity index (χ4n) is 1.21. The quantitative estimate of drug-likeness (QED) is 0.414. The Kier molecular flexibility index (Phi) is 3.26. The van der Waals surface area contributed by atoms with Crippen molar-refractivity contribution in [2.75, 3.05) is 5.43 Å². The van der Waals surface area contributed by atoms with E-state index in [2.05, 4.69) is 30.9 Å². The summed E-state index contributed by atoms with van der Waals surface area (Å²) < 4.78 is 0. The van der Waals surface area contributed by atoms with Crippen LogP contribution in [0, 0.1) is 0 Å². The molecule has 0 saturated carbocycles. The second kappa shape index (κ2) is 5.03. The van der Waals surface area contributed by atoms with Gasteiger partial charge in [0.2, 0.25) is 0 Å². The number of carbonyl (C=O) groups is 1. The number of pyridine rings is 1. The molecule has 17 heavy (non-hydrogen) atoms. The SMILES string of the molecule is NNc1cccc(C(=O)NCc2ncn[nH]2)n1. The third kappa shape index (κ3) is 2.75. The van der Waals surface area contributed by atoms with E-state index < -0.39 is 0 Å². The minimum atomic E-state index is -0.307. The Morgan fingerprint density at radius 3 is 3.06 bits per heavy atom. The summed E-state index contributed by atoms with van der Waals surface area (Å²) in [7, 11) is 0. The molecule has 8 heteroatoms. The van der Waals surface area contributed by atoms with Crippen molar-refractivity contribution in [3.63, 3.8) is 0 Å². The topological polar surface area (TPSA) is 122 Å². The number of nitrogens with one attached hydrogen (secondary N) is 3. The molecule has 0 bridgehead atoms. The Hall–Kier alpha value is -2.48. The van der Waals surface area contributed by atoms with Crippen LogP contribution in [0.25, 0.3) is 0 Å². The van der Waals surface area contributed by atoms with Gasteiger partial charge in [0.15, 0.2) is 0 Å². The van der Waals surface area contributed by atoms with Gasteiger partial charge in [-0.05, 0) is 12.1 Å². The van der Waals surface area contributed by atoms with Gasteiger partial charge in [-0.3, -0.25) is 9.89 Å². The van der Waals surface area contributed by atoms with E-state index in [0.29, 0.717) is 11.6 Å². The Morgan fingerprint density at radius 2 is 2.35 bits per heavy atom. The summed E-state index contributed by atoms with van der Waals surface area (Å²) in [6, 6.07) is 4.94. The standard InChI is InChI=1S/C9H11N7O/c10-15-7-3-1-2-6(14-7)9(17)11-4-8-12-5-13-16-8/h1-3,5H,4,10H2,(H,11,17)(H,14,15)(H,12,13,16). The lowest BCUT2D eigenvalue weighted by Gasteiger charge is -2.04. The second-order valence-corrected chi connectivity index (χ2v) is 3.17. The van der Waals surface area contributed by atoms with E-state index in [1.54, 1.807) is 18.2 Å². The number of aromatic nitrogens is 4. The van der Waals surface area contributed by atoms with E-state index in [1.807, 2.05) is 0 Å². The van der Waals surface area contributed by atoms with Crippen LogP contribution in [0.4, 0.5) is 5.82 Å². The Labute approximate surface area is 96.6 Å². The number of amides is 1. The molecule has 0 unspecified atom stereocenters. The van der Waals surface area contributed by atoms with Crippen LogP contribution in [-0.2, 0) is 6.54 Å². The zero-order valence-electron chi connectivity index (χ0n) is 8.84. The Balaban J connectivity index is 1.99. The number of hydrazine groups is 1. The van der Waals surface area contributed by atoms with Crippen molar-refractivity contribution in [2.45, 2.75) is 6.54 Å². The van der Waals surface area contributed by atoms with Gasteiger partial charge in [-0.2, -0.15) is 5.10 Å². The third-order valence-electron chi connectivity index (χ3n) is 2.01. The van der Waals surface area contributed by atoms with E-state index in [-0.39, 0.29) is 18.1 Å². The van der Waals surface area contributed by atoms with E-state index >= 15 is 0 Å². The molecule has 0 atom stereocenters. The van der Waals surface area contributed by atoms with Gasteiger partial charge in [0.05, 0.1) is 6.54 Å². The summed E-state index contributed by atoms with van der Waals surface area (Å²) in [6.45, 7) is 0.265. The summed E-state index contributed by atoms with van der Waals surface area (Å²) in [5.41, 5.74) is 2.65. The molecule has 0 aromatic carbocycles. The number of H-pyrrole nitrogens is 1. The number of aromatic amines is 1. The molecular weight excluding hydrogens is 222 g/mol. The summed E-state index contributed by atoms with van der Waals surface area (Å²) >= 11 is 0. The van der Waals surface area contributed by atoms with Gasteiger partial charge in [0, 0.05) is 0 Å². The van der Waals surface area contributed by atoms with E-state index in [0.717, 1.165) is 0 Å². The van der Waals surface area contributed by atoms with Gasteiger partial charge in [-0.1, -0.05) is 6.07 Å². The number of hydrogen-bond donors (Lipinski definition) is 4. The number of nitrogens with two attached hydrogens (primary N) is 1. The normalized spacial score (nSPS) is 9.94. The number of carbonyl (C=O) groups excluding carboxylic acids is 1. The van der Waals surface area contributed by atoms with Crippen LogP contribution in [0.1, 0.15) is 16.3 Å². The number of anilines is 1. The highest BCUT2D eigenvalue weighted by atomic mass is 16.1. The number of hydrogen-bond acceptors (Lipinski definition) is 6. The van der Waals surface area contributed by atoms with Crippen molar-refractivity contribution >= 4 is 11.7 Å². The lowest BCUT2D eigenvalue weighted by Crippen LogP contribution is -2.24. The molecule has 8 nitrogen and oxygen atoms in total. The maximum Gasteiger partial charge on any atom is 0.270 e. The molecule has 2 rings (SSSR count). The maximum atomic E-state index is 11.7. The van der Waals surface area contributed by atoms with Gasteiger partial charge < -0.3 is 10.7 Å². The first-order valence-corrected chi connectivity index (χ1v) is 4.85.